The predicted octanol–water partition coefficient (Wildman–Crippen LogP) is 5.40. The minimum absolute atomic E-state index is 0.0104. The first kappa shape index (κ1) is 37.4. The van der Waals surface area contributed by atoms with Crippen LogP contribution in [-0.4, -0.2) is 84.2 Å². The van der Waals surface area contributed by atoms with E-state index in [-0.39, 0.29) is 64.9 Å². The molecule has 8 rings (SSSR count). The van der Waals surface area contributed by atoms with Gasteiger partial charge in [0, 0.05) is 55.5 Å². The summed E-state index contributed by atoms with van der Waals surface area (Å²) in [6.45, 7) is 3.94. The van der Waals surface area contributed by atoms with Gasteiger partial charge in [-0.1, -0.05) is 36.7 Å². The number of benzene rings is 2. The number of halogens is 4. The van der Waals surface area contributed by atoms with Gasteiger partial charge in [0.25, 0.3) is 11.5 Å². The third-order valence-electron chi connectivity index (χ3n) is 11.0. The maximum absolute atomic E-state index is 14.6. The fourth-order valence-corrected chi connectivity index (χ4v) is 8.49. The number of methoxy groups -OCH3 is 1. The number of carbonyl (C=O) groups is 2. The topological polar surface area (TPSA) is 160 Å². The van der Waals surface area contributed by atoms with E-state index < -0.39 is 29.0 Å². The quantitative estimate of drug-likeness (QED) is 0.208. The average molecular weight is 792 g/mol. The van der Waals surface area contributed by atoms with Crippen molar-refractivity contribution in [3.63, 3.8) is 0 Å². The molecular weight excluding hydrogens is 755 g/mol. The van der Waals surface area contributed by atoms with E-state index in [2.05, 4.69) is 20.4 Å². The lowest BCUT2D eigenvalue weighted by molar-refractivity contribution is -0.137. The summed E-state index contributed by atoms with van der Waals surface area (Å²) in [6.07, 6.45) is -1.01. The van der Waals surface area contributed by atoms with Crippen LogP contribution in [0, 0.1) is 0 Å². The highest BCUT2D eigenvalue weighted by Crippen LogP contribution is 2.50. The normalized spacial score (nSPS) is 17.6. The van der Waals surface area contributed by atoms with Crippen LogP contribution in [0.2, 0.25) is 5.02 Å². The summed E-state index contributed by atoms with van der Waals surface area (Å²) in [7, 11) is 1.58. The van der Waals surface area contributed by atoms with Gasteiger partial charge < -0.3 is 29.5 Å². The number of aromatic nitrogens is 6. The Kier molecular flexibility index (Phi) is 9.47. The second kappa shape index (κ2) is 14.2. The van der Waals surface area contributed by atoms with Crippen molar-refractivity contribution >= 4 is 40.7 Å². The van der Waals surface area contributed by atoms with Crippen LogP contribution in [0.4, 0.5) is 24.7 Å². The molecule has 2 N–H and O–H groups in total. The molecule has 0 saturated carbocycles. The lowest BCUT2D eigenvalue weighted by Crippen LogP contribution is -2.47. The van der Waals surface area contributed by atoms with Crippen molar-refractivity contribution in [3.8, 4) is 17.1 Å². The summed E-state index contributed by atoms with van der Waals surface area (Å²) in [4.78, 5) is 58.7. The molecule has 2 saturated heterocycles. The van der Waals surface area contributed by atoms with Crippen molar-refractivity contribution in [2.75, 3.05) is 43.5 Å². The van der Waals surface area contributed by atoms with Crippen LogP contribution in [-0.2, 0) is 34.3 Å². The second-order valence-electron chi connectivity index (χ2n) is 14.6. The van der Waals surface area contributed by atoms with Crippen LogP contribution in [0.1, 0.15) is 71.4 Å². The number of anilines is 2. The van der Waals surface area contributed by atoms with Gasteiger partial charge in [-0.3, -0.25) is 14.4 Å². The van der Waals surface area contributed by atoms with Gasteiger partial charge in [0.05, 0.1) is 22.9 Å². The van der Waals surface area contributed by atoms with Crippen molar-refractivity contribution in [2.24, 2.45) is 0 Å². The standard InChI is InChI=1S/C38H37ClF3N9O5/c1-21-17-37(9-13-49(14-10-37)35(55)29-31(53)33(44-20-43-29)48-11-4-12-48)28-30(21)50(18-27(52)45-26-8-7-24(16-25(26)39)38(40,41)42)36-46-32(47-51(36)34(28)54)23-6-3-5-22(15-23)19-56-2/h3,5-8,15-16,20-21,53H,4,9-14,17-19H2,1-2H3,(H,45,52). The average Bonchev–Trinajstić information content (AvgIpc) is 3.71. The number of piperidine rings is 1. The predicted molar refractivity (Wildman–Crippen MR) is 199 cm³/mol. The molecule has 1 unspecified atom stereocenters. The Bertz CT molecular complexity index is 2440. The Morgan fingerprint density at radius 2 is 1.86 bits per heavy atom. The van der Waals surface area contributed by atoms with E-state index in [9.17, 15) is 32.7 Å². The van der Waals surface area contributed by atoms with Crippen molar-refractivity contribution in [3.05, 3.63) is 92.2 Å². The van der Waals surface area contributed by atoms with Crippen LogP contribution in [0.15, 0.2) is 53.6 Å². The van der Waals surface area contributed by atoms with Crippen molar-refractivity contribution in [2.45, 2.75) is 63.3 Å². The zero-order chi connectivity index (χ0) is 39.5. The number of ether oxygens (including phenoxy) is 1. The molecule has 2 amide bonds. The molecule has 0 bridgehead atoms. The number of likely N-dealkylation sites (tertiary alicyclic amines) is 1. The molecule has 56 heavy (non-hydrogen) atoms. The van der Waals surface area contributed by atoms with Crippen molar-refractivity contribution in [1.82, 2.24) is 34.0 Å². The van der Waals surface area contributed by atoms with E-state index in [1.165, 1.54) is 10.8 Å². The molecule has 1 spiro atoms. The molecule has 2 fully saturated rings. The van der Waals surface area contributed by atoms with E-state index in [1.807, 2.05) is 30.0 Å². The van der Waals surface area contributed by atoms with Crippen LogP contribution in [0.5, 0.6) is 5.75 Å². The zero-order valence-electron chi connectivity index (χ0n) is 30.4. The summed E-state index contributed by atoms with van der Waals surface area (Å²) in [5, 5.41) is 17.9. The first-order chi connectivity index (χ1) is 26.8. The Morgan fingerprint density at radius 3 is 2.54 bits per heavy atom. The number of fused-ring (bicyclic) bond motifs is 3. The molecular formula is C38H37ClF3N9O5. The summed E-state index contributed by atoms with van der Waals surface area (Å²) in [6, 6.07) is 10.0. The molecule has 1 atom stereocenters. The van der Waals surface area contributed by atoms with E-state index in [0.29, 0.717) is 48.5 Å². The maximum Gasteiger partial charge on any atom is 0.416 e. The SMILES string of the molecule is COCc1cccc(-c2nc3n(CC(=O)Nc4ccc(C(F)(F)F)cc4Cl)c4c(c(=O)n3n2)C2(CCN(C(=O)c3ncnc(N5CCC5)c3O)CC2)CC4C)c1. The molecule has 5 aromatic rings. The highest BCUT2D eigenvalue weighted by molar-refractivity contribution is 6.33. The van der Waals surface area contributed by atoms with E-state index in [1.54, 1.807) is 22.6 Å². The van der Waals surface area contributed by atoms with Gasteiger partial charge in [0.1, 0.15) is 12.9 Å². The Balaban J connectivity index is 1.16. The number of rotatable bonds is 8. The number of hydrogen-bond acceptors (Lipinski definition) is 10. The molecule has 2 aromatic carbocycles. The smallest absolute Gasteiger partial charge is 0.416 e. The first-order valence-electron chi connectivity index (χ1n) is 18.1. The van der Waals surface area contributed by atoms with Crippen LogP contribution in [0.3, 0.4) is 0 Å². The van der Waals surface area contributed by atoms with Gasteiger partial charge in [-0.15, -0.1) is 5.10 Å². The van der Waals surface area contributed by atoms with Crippen molar-refractivity contribution in [1.29, 1.82) is 0 Å². The maximum atomic E-state index is 14.6. The van der Waals surface area contributed by atoms with Crippen molar-refractivity contribution < 1.29 is 32.6 Å². The molecule has 5 heterocycles. The number of amides is 2. The number of nitrogens with zero attached hydrogens (tertiary/aromatic N) is 8. The highest BCUT2D eigenvalue weighted by atomic mass is 35.5. The first-order valence-corrected chi connectivity index (χ1v) is 18.5. The fraction of sp³-hybridized carbons (Fsp3) is 0.395. The van der Waals surface area contributed by atoms with E-state index in [4.69, 9.17) is 21.3 Å². The number of nitrogens with one attached hydrogen (secondary N) is 1. The number of carbonyl (C=O) groups excluding carboxylic acids is 2. The molecule has 1 aliphatic carbocycles. The Morgan fingerprint density at radius 1 is 1.09 bits per heavy atom. The minimum atomic E-state index is -4.62. The number of alkyl halides is 3. The largest absolute Gasteiger partial charge is 0.503 e. The molecule has 292 valence electrons. The van der Waals surface area contributed by atoms with Crippen LogP contribution < -0.4 is 15.8 Å². The van der Waals surface area contributed by atoms with E-state index in [0.717, 1.165) is 43.3 Å². The highest BCUT2D eigenvalue weighted by Gasteiger charge is 2.49. The lowest BCUT2D eigenvalue weighted by Gasteiger charge is -2.39. The van der Waals surface area contributed by atoms with Gasteiger partial charge in [0.15, 0.2) is 23.1 Å². The van der Waals surface area contributed by atoms with Gasteiger partial charge in [-0.2, -0.15) is 22.7 Å². The number of aromatic hydroxyl groups is 1. The summed E-state index contributed by atoms with van der Waals surface area (Å²) >= 11 is 6.18. The van der Waals surface area contributed by atoms with Crippen LogP contribution >= 0.6 is 11.6 Å². The van der Waals surface area contributed by atoms with E-state index >= 15 is 0 Å². The Labute approximate surface area is 322 Å². The zero-order valence-corrected chi connectivity index (χ0v) is 31.2. The van der Waals surface area contributed by atoms with Gasteiger partial charge in [-0.05, 0) is 61.4 Å². The molecule has 2 aliphatic heterocycles. The monoisotopic (exact) mass is 791 g/mol. The summed E-state index contributed by atoms with van der Waals surface area (Å²) in [5.74, 6) is -0.849. The Hall–Kier alpha value is -5.55. The van der Waals surface area contributed by atoms with Gasteiger partial charge in [0.2, 0.25) is 11.7 Å². The fourth-order valence-electron chi connectivity index (χ4n) is 8.27. The lowest BCUT2D eigenvalue weighted by atomic mass is 9.73. The third kappa shape index (κ3) is 6.51. The molecule has 0 radical (unpaired) electrons. The minimum Gasteiger partial charge on any atom is -0.503 e. The molecule has 3 aromatic heterocycles. The summed E-state index contributed by atoms with van der Waals surface area (Å²) < 4.78 is 48.1. The van der Waals surface area contributed by atoms with Gasteiger partial charge in [-0.25, -0.2) is 9.97 Å². The van der Waals surface area contributed by atoms with Gasteiger partial charge >= 0.3 is 6.18 Å². The molecule has 18 heteroatoms. The third-order valence-corrected chi connectivity index (χ3v) is 11.3. The molecule has 14 nitrogen and oxygen atoms in total. The second-order valence-corrected chi connectivity index (χ2v) is 15.0. The molecule has 3 aliphatic rings. The number of hydrogen-bond donors (Lipinski definition) is 2. The summed E-state index contributed by atoms with van der Waals surface area (Å²) in [5.41, 5.74) is 0.423. The van der Waals surface area contributed by atoms with Crippen LogP contribution in [0.25, 0.3) is 17.2 Å².